The van der Waals surface area contributed by atoms with E-state index < -0.39 is 0 Å². The molecule has 0 amide bonds. The first kappa shape index (κ1) is 32.6. The molecule has 4 atom stereocenters. The molecule has 0 heterocycles. The van der Waals surface area contributed by atoms with E-state index in [1.54, 1.807) is 0 Å². The van der Waals surface area contributed by atoms with E-state index in [1.807, 2.05) is 14.2 Å². The lowest BCUT2D eigenvalue weighted by Crippen LogP contribution is -2.22. The summed E-state index contributed by atoms with van der Waals surface area (Å²) in [5.41, 5.74) is 9.73. The number of allylic oxidation sites excluding steroid dienone is 4. The molecule has 2 aliphatic carbocycles. The molecule has 0 radical (unpaired) electrons. The molecule has 7 rings (SSSR count). The van der Waals surface area contributed by atoms with Crippen molar-refractivity contribution in [1.29, 1.82) is 0 Å². The van der Waals surface area contributed by atoms with E-state index in [4.69, 9.17) is 9.47 Å². The van der Waals surface area contributed by atoms with Crippen molar-refractivity contribution in [3.05, 3.63) is 180 Å². The molecule has 0 saturated carbocycles. The molecule has 0 N–H and O–H groups in total. The number of rotatable bonds is 6. The van der Waals surface area contributed by atoms with E-state index >= 15 is 0 Å². The smallest absolute Gasteiger partial charge is 0.128 e. The Morgan fingerprint density at radius 1 is 0.348 bits per heavy atom. The van der Waals surface area contributed by atoms with Gasteiger partial charge in [-0.05, 0) is 161 Å². The molecule has 5 aromatic rings. The maximum atomic E-state index is 6.64. The summed E-state index contributed by atoms with van der Waals surface area (Å²) in [5, 5.41) is 0. The van der Waals surface area contributed by atoms with Gasteiger partial charge in [-0.1, -0.05) is 72.8 Å². The van der Waals surface area contributed by atoms with Crippen LogP contribution in [0, 0.1) is 14.3 Å². The summed E-state index contributed by atoms with van der Waals surface area (Å²) in [6, 6.07) is 35.6. The zero-order valence-electron chi connectivity index (χ0n) is 25.2. The molecule has 0 bridgehead atoms. The van der Waals surface area contributed by atoms with Gasteiger partial charge < -0.3 is 9.47 Å². The minimum absolute atomic E-state index is 0.0151. The Morgan fingerprint density at radius 2 is 0.543 bits per heavy atom. The molecule has 0 spiro atoms. The van der Waals surface area contributed by atoms with E-state index in [2.05, 4.69) is 212 Å². The predicted molar refractivity (Wildman–Crippen MR) is 222 cm³/mol. The predicted octanol–water partition coefficient (Wildman–Crippen LogP) is 11.8. The molecule has 0 saturated heterocycles. The maximum Gasteiger partial charge on any atom is 0.128 e. The number of benzene rings is 5. The lowest BCUT2D eigenvalue weighted by molar-refractivity contribution is 0.382. The number of ether oxygens (including phenoxy) is 2. The SMILES string of the molecule is COc1c2c(c(OC)c3c1[C@H](c1ccc(I)cc1)C=C[C@@H]3c1ccc(I)cc1)[C@H](c1ccc(I)cc1)C=C[C@@H]2c1ccc(I)cc1. The van der Waals surface area contributed by atoms with E-state index in [1.165, 1.54) is 58.8 Å². The Morgan fingerprint density at radius 3 is 0.717 bits per heavy atom. The van der Waals surface area contributed by atoms with Gasteiger partial charge in [0.2, 0.25) is 0 Å². The van der Waals surface area contributed by atoms with Crippen LogP contribution in [0.25, 0.3) is 0 Å². The average Bonchev–Trinajstić information content (AvgIpc) is 3.08. The summed E-state index contributed by atoms with van der Waals surface area (Å²) in [4.78, 5) is 0. The van der Waals surface area contributed by atoms with Crippen molar-refractivity contribution >= 4 is 90.4 Å². The first-order chi connectivity index (χ1) is 22.4. The summed E-state index contributed by atoms with van der Waals surface area (Å²) in [5.74, 6) is 1.97. The maximum absolute atomic E-state index is 6.64. The highest BCUT2D eigenvalue weighted by atomic mass is 127. The lowest BCUT2D eigenvalue weighted by atomic mass is 9.68. The molecule has 0 aliphatic heterocycles. The van der Waals surface area contributed by atoms with Crippen molar-refractivity contribution < 1.29 is 9.47 Å². The van der Waals surface area contributed by atoms with Crippen molar-refractivity contribution in [3.8, 4) is 11.5 Å². The fraction of sp³-hybridized carbons (Fsp3) is 0.150. The molecule has 0 aromatic heterocycles. The third-order valence-electron chi connectivity index (χ3n) is 9.12. The van der Waals surface area contributed by atoms with Gasteiger partial charge in [-0.2, -0.15) is 0 Å². The van der Waals surface area contributed by atoms with E-state index in [0.29, 0.717) is 0 Å². The summed E-state index contributed by atoms with van der Waals surface area (Å²) >= 11 is 9.53. The quantitative estimate of drug-likeness (QED) is 0.125. The minimum atomic E-state index is 0.0151. The minimum Gasteiger partial charge on any atom is -0.496 e. The Kier molecular flexibility index (Phi) is 9.87. The Labute approximate surface area is 325 Å². The zero-order valence-corrected chi connectivity index (χ0v) is 33.8. The van der Waals surface area contributed by atoms with Crippen LogP contribution in [-0.2, 0) is 0 Å². The number of hydrogen-bond donors (Lipinski definition) is 0. The molecule has 0 unspecified atom stereocenters. The molecule has 2 nitrogen and oxygen atoms in total. The number of hydrogen-bond acceptors (Lipinski definition) is 2. The van der Waals surface area contributed by atoms with Crippen LogP contribution < -0.4 is 9.47 Å². The van der Waals surface area contributed by atoms with Crippen LogP contribution in [0.15, 0.2) is 121 Å². The van der Waals surface area contributed by atoms with Gasteiger partial charge in [0.15, 0.2) is 0 Å². The van der Waals surface area contributed by atoms with Crippen molar-refractivity contribution in [2.75, 3.05) is 14.2 Å². The zero-order chi connectivity index (χ0) is 31.9. The summed E-state index contributed by atoms with van der Waals surface area (Å²) < 4.78 is 18.2. The first-order valence-corrected chi connectivity index (χ1v) is 19.4. The molecular weight excluding hydrogens is 1020 g/mol. The van der Waals surface area contributed by atoms with Crippen LogP contribution in [0.3, 0.4) is 0 Å². The number of halogens is 4. The number of fused-ring (bicyclic) bond motifs is 2. The van der Waals surface area contributed by atoms with Crippen LogP contribution in [-0.4, -0.2) is 14.2 Å². The van der Waals surface area contributed by atoms with Crippen molar-refractivity contribution in [2.24, 2.45) is 0 Å². The average molecular weight is 1050 g/mol. The summed E-state index contributed by atoms with van der Waals surface area (Å²) in [6.07, 6.45) is 9.49. The fourth-order valence-electron chi connectivity index (χ4n) is 7.08. The van der Waals surface area contributed by atoms with Gasteiger partial charge >= 0.3 is 0 Å². The van der Waals surface area contributed by atoms with E-state index in [9.17, 15) is 0 Å². The van der Waals surface area contributed by atoms with Gasteiger partial charge in [-0.3, -0.25) is 0 Å². The van der Waals surface area contributed by atoms with Gasteiger partial charge in [0, 0.05) is 60.2 Å². The standard InChI is InChI=1S/C40H30I4O2/c1-45-39-35-31(23-3-11-27(41)12-4-23)19-21-33(25-7-15-29(43)16-8-25)37(35)40(46-2)38-34(26-9-17-30(44)18-10-26)22-20-32(36(38)39)24-5-13-28(42)14-6-24/h3-22,31-34H,1-2H3/t31-,32+,33+,34-. The van der Waals surface area contributed by atoms with Gasteiger partial charge in [0.1, 0.15) is 11.5 Å². The van der Waals surface area contributed by atoms with E-state index in [-0.39, 0.29) is 23.7 Å². The molecule has 230 valence electrons. The van der Waals surface area contributed by atoms with Crippen LogP contribution in [0.2, 0.25) is 0 Å². The third kappa shape index (κ3) is 6.09. The van der Waals surface area contributed by atoms with E-state index in [0.717, 1.165) is 11.5 Å². The van der Waals surface area contributed by atoms with Gasteiger partial charge in [0.25, 0.3) is 0 Å². The summed E-state index contributed by atoms with van der Waals surface area (Å²) in [7, 11) is 3.68. The second-order valence-corrected chi connectivity index (χ2v) is 16.6. The lowest BCUT2D eigenvalue weighted by Gasteiger charge is -2.38. The monoisotopic (exact) mass is 1050 g/mol. The molecule has 5 aromatic carbocycles. The molecule has 0 fully saturated rings. The van der Waals surface area contributed by atoms with Crippen molar-refractivity contribution in [1.82, 2.24) is 0 Å². The van der Waals surface area contributed by atoms with Crippen LogP contribution in [0.4, 0.5) is 0 Å². The van der Waals surface area contributed by atoms with Crippen LogP contribution in [0.1, 0.15) is 68.2 Å². The Bertz CT molecular complexity index is 1660. The normalized spacial score (nSPS) is 19.8. The molecule has 6 heteroatoms. The van der Waals surface area contributed by atoms with Gasteiger partial charge in [-0.15, -0.1) is 0 Å². The second kappa shape index (κ2) is 13.9. The van der Waals surface area contributed by atoms with Crippen molar-refractivity contribution in [2.45, 2.75) is 23.7 Å². The number of methoxy groups -OCH3 is 2. The fourth-order valence-corrected chi connectivity index (χ4v) is 8.51. The van der Waals surface area contributed by atoms with Gasteiger partial charge in [-0.25, -0.2) is 0 Å². The molecular formula is C40H30I4O2. The topological polar surface area (TPSA) is 18.5 Å². The van der Waals surface area contributed by atoms with Gasteiger partial charge in [0.05, 0.1) is 14.2 Å². The Hall–Kier alpha value is -1.90. The third-order valence-corrected chi connectivity index (χ3v) is 12.0. The van der Waals surface area contributed by atoms with Crippen LogP contribution in [0.5, 0.6) is 11.5 Å². The largest absolute Gasteiger partial charge is 0.496 e. The Balaban J connectivity index is 1.58. The highest BCUT2D eigenvalue weighted by Gasteiger charge is 2.40. The summed E-state index contributed by atoms with van der Waals surface area (Å²) in [6.45, 7) is 0. The van der Waals surface area contributed by atoms with Crippen LogP contribution >= 0.6 is 90.4 Å². The molecule has 46 heavy (non-hydrogen) atoms. The highest BCUT2D eigenvalue weighted by Crippen LogP contribution is 2.58. The highest BCUT2D eigenvalue weighted by molar-refractivity contribution is 14.1. The second-order valence-electron chi connectivity index (χ2n) is 11.6. The first-order valence-electron chi connectivity index (χ1n) is 15.1. The molecule has 2 aliphatic rings. The van der Waals surface area contributed by atoms with Crippen molar-refractivity contribution in [3.63, 3.8) is 0 Å².